The molecule has 0 amide bonds. The Morgan fingerprint density at radius 2 is 2.27 bits per heavy atom. The largest absolute Gasteiger partial charge is 0.384 e. The Kier molecular flexibility index (Phi) is 2.90. The van der Waals surface area contributed by atoms with Crippen molar-refractivity contribution in [3.8, 4) is 0 Å². The highest BCUT2D eigenvalue weighted by atomic mass is 16.5. The average molecular weight is 157 g/mol. The van der Waals surface area contributed by atoms with Gasteiger partial charge >= 0.3 is 0 Å². The van der Waals surface area contributed by atoms with Gasteiger partial charge in [-0.1, -0.05) is 6.92 Å². The fraction of sp³-hybridized carbons (Fsp3) is 1.00. The van der Waals surface area contributed by atoms with E-state index in [1.54, 1.807) is 7.11 Å². The van der Waals surface area contributed by atoms with Gasteiger partial charge in [-0.3, -0.25) is 0 Å². The predicted octanol–water partition coefficient (Wildman–Crippen LogP) is 1.36. The number of nitrogens with zero attached hydrogens (tertiary/aromatic N) is 1. The van der Waals surface area contributed by atoms with E-state index < -0.39 is 0 Å². The molecule has 1 unspecified atom stereocenters. The van der Waals surface area contributed by atoms with E-state index in [1.165, 1.54) is 25.9 Å². The monoisotopic (exact) mass is 157 g/mol. The first-order chi connectivity index (χ1) is 5.16. The number of hydrogen-bond donors (Lipinski definition) is 0. The topological polar surface area (TPSA) is 12.5 Å². The molecule has 66 valence electrons. The number of likely N-dealkylation sites (tertiary alicyclic amines) is 1. The lowest BCUT2D eigenvalue weighted by Gasteiger charge is -2.38. The van der Waals surface area contributed by atoms with Crippen LogP contribution in [-0.4, -0.2) is 38.8 Å². The van der Waals surface area contributed by atoms with Crippen LogP contribution in [0, 0.1) is 5.41 Å². The number of hydrogen-bond acceptors (Lipinski definition) is 2. The van der Waals surface area contributed by atoms with Crippen LogP contribution >= 0.6 is 0 Å². The van der Waals surface area contributed by atoms with Crippen LogP contribution in [0.4, 0.5) is 0 Å². The Bertz CT molecular complexity index is 123. The molecule has 0 aliphatic carbocycles. The van der Waals surface area contributed by atoms with Crippen molar-refractivity contribution >= 4 is 0 Å². The minimum absolute atomic E-state index is 0.405. The van der Waals surface area contributed by atoms with Gasteiger partial charge in [0.25, 0.3) is 0 Å². The summed E-state index contributed by atoms with van der Waals surface area (Å²) >= 11 is 0. The van der Waals surface area contributed by atoms with E-state index in [4.69, 9.17) is 4.74 Å². The maximum atomic E-state index is 5.21. The molecule has 1 fully saturated rings. The van der Waals surface area contributed by atoms with Crippen LogP contribution in [0.2, 0.25) is 0 Å². The van der Waals surface area contributed by atoms with E-state index >= 15 is 0 Å². The third kappa shape index (κ3) is 2.46. The molecule has 1 aliphatic heterocycles. The first-order valence-electron chi connectivity index (χ1n) is 4.34. The third-order valence-corrected chi connectivity index (χ3v) is 2.46. The molecule has 0 aromatic carbocycles. The summed E-state index contributed by atoms with van der Waals surface area (Å²) in [5.74, 6) is 0. The molecule has 2 nitrogen and oxygen atoms in total. The molecule has 0 bridgehead atoms. The van der Waals surface area contributed by atoms with Crippen molar-refractivity contribution < 1.29 is 4.74 Å². The van der Waals surface area contributed by atoms with Crippen molar-refractivity contribution in [3.05, 3.63) is 0 Å². The summed E-state index contributed by atoms with van der Waals surface area (Å²) in [7, 11) is 3.98. The highest BCUT2D eigenvalue weighted by Crippen LogP contribution is 2.28. The summed E-state index contributed by atoms with van der Waals surface area (Å²) in [6, 6.07) is 0. The molecule has 2 heteroatoms. The lowest BCUT2D eigenvalue weighted by atomic mass is 9.83. The Hall–Kier alpha value is -0.0800. The van der Waals surface area contributed by atoms with Crippen molar-refractivity contribution in [3.63, 3.8) is 0 Å². The van der Waals surface area contributed by atoms with Gasteiger partial charge in [0.2, 0.25) is 0 Å². The second-order valence-electron chi connectivity index (χ2n) is 4.09. The van der Waals surface area contributed by atoms with Gasteiger partial charge in [0.15, 0.2) is 0 Å². The molecule has 1 rings (SSSR count). The maximum absolute atomic E-state index is 5.21. The van der Waals surface area contributed by atoms with Crippen LogP contribution in [0.3, 0.4) is 0 Å². The predicted molar refractivity (Wildman–Crippen MR) is 46.7 cm³/mol. The molecule has 0 radical (unpaired) electrons. The van der Waals surface area contributed by atoms with E-state index in [0.29, 0.717) is 5.41 Å². The van der Waals surface area contributed by atoms with E-state index in [2.05, 4.69) is 18.9 Å². The quantitative estimate of drug-likeness (QED) is 0.600. The second kappa shape index (κ2) is 3.55. The van der Waals surface area contributed by atoms with Crippen molar-refractivity contribution in [1.29, 1.82) is 0 Å². The molecule has 1 heterocycles. The Morgan fingerprint density at radius 1 is 1.55 bits per heavy atom. The summed E-state index contributed by atoms with van der Waals surface area (Å²) in [6.07, 6.45) is 2.63. The van der Waals surface area contributed by atoms with Crippen molar-refractivity contribution in [1.82, 2.24) is 4.90 Å². The SMILES string of the molecule is COCC1(C)CCCN(C)C1. The van der Waals surface area contributed by atoms with Gasteiger partial charge in [-0.05, 0) is 26.4 Å². The second-order valence-corrected chi connectivity index (χ2v) is 4.09. The summed E-state index contributed by atoms with van der Waals surface area (Å²) in [4.78, 5) is 2.39. The van der Waals surface area contributed by atoms with E-state index in [0.717, 1.165) is 6.61 Å². The lowest BCUT2D eigenvalue weighted by Crippen LogP contribution is -2.41. The normalized spacial score (nSPS) is 34.1. The van der Waals surface area contributed by atoms with Crippen LogP contribution in [0.25, 0.3) is 0 Å². The van der Waals surface area contributed by atoms with Crippen LogP contribution in [-0.2, 0) is 4.74 Å². The molecule has 1 saturated heterocycles. The molecular weight excluding hydrogens is 138 g/mol. The van der Waals surface area contributed by atoms with Gasteiger partial charge < -0.3 is 9.64 Å². The fourth-order valence-corrected chi connectivity index (χ4v) is 2.05. The Balaban J connectivity index is 2.41. The molecule has 1 atom stereocenters. The van der Waals surface area contributed by atoms with Crippen LogP contribution in [0.5, 0.6) is 0 Å². The van der Waals surface area contributed by atoms with Crippen molar-refractivity contribution in [2.45, 2.75) is 19.8 Å². The van der Waals surface area contributed by atoms with Gasteiger partial charge in [0.1, 0.15) is 0 Å². The molecule has 0 spiro atoms. The first kappa shape index (κ1) is 9.01. The first-order valence-corrected chi connectivity index (χ1v) is 4.34. The zero-order valence-electron chi connectivity index (χ0n) is 7.89. The Morgan fingerprint density at radius 3 is 2.82 bits per heavy atom. The number of methoxy groups -OCH3 is 1. The number of ether oxygens (including phenoxy) is 1. The van der Waals surface area contributed by atoms with Crippen LogP contribution < -0.4 is 0 Å². The molecule has 0 N–H and O–H groups in total. The van der Waals surface area contributed by atoms with Gasteiger partial charge in [-0.2, -0.15) is 0 Å². The van der Waals surface area contributed by atoms with Gasteiger partial charge in [-0.15, -0.1) is 0 Å². The summed E-state index contributed by atoms with van der Waals surface area (Å²) in [6.45, 7) is 5.64. The summed E-state index contributed by atoms with van der Waals surface area (Å²) in [5.41, 5.74) is 0.405. The van der Waals surface area contributed by atoms with Gasteiger partial charge in [0, 0.05) is 19.1 Å². The van der Waals surface area contributed by atoms with E-state index in [9.17, 15) is 0 Å². The molecule has 0 aromatic heterocycles. The zero-order chi connectivity index (χ0) is 8.32. The summed E-state index contributed by atoms with van der Waals surface area (Å²) in [5, 5.41) is 0. The molecule has 11 heavy (non-hydrogen) atoms. The van der Waals surface area contributed by atoms with Gasteiger partial charge in [0.05, 0.1) is 6.61 Å². The van der Waals surface area contributed by atoms with Crippen LogP contribution in [0.1, 0.15) is 19.8 Å². The van der Waals surface area contributed by atoms with Crippen molar-refractivity contribution in [2.75, 3.05) is 33.9 Å². The number of piperidine rings is 1. The van der Waals surface area contributed by atoms with Crippen molar-refractivity contribution in [2.24, 2.45) is 5.41 Å². The highest BCUT2D eigenvalue weighted by Gasteiger charge is 2.28. The highest BCUT2D eigenvalue weighted by molar-refractivity contribution is 4.81. The van der Waals surface area contributed by atoms with E-state index in [1.807, 2.05) is 0 Å². The lowest BCUT2D eigenvalue weighted by molar-refractivity contribution is 0.0339. The Labute approximate surface area is 69.5 Å². The average Bonchev–Trinajstić information content (AvgIpc) is 1.86. The minimum Gasteiger partial charge on any atom is -0.384 e. The third-order valence-electron chi connectivity index (χ3n) is 2.46. The number of rotatable bonds is 2. The molecular formula is C9H19NO. The molecule has 1 aliphatic rings. The maximum Gasteiger partial charge on any atom is 0.0528 e. The van der Waals surface area contributed by atoms with E-state index in [-0.39, 0.29) is 0 Å². The summed E-state index contributed by atoms with van der Waals surface area (Å²) < 4.78 is 5.21. The van der Waals surface area contributed by atoms with Gasteiger partial charge in [-0.25, -0.2) is 0 Å². The standard InChI is InChI=1S/C9H19NO/c1-9(8-11-3)5-4-6-10(2)7-9/h4-8H2,1-3H3. The minimum atomic E-state index is 0.405. The van der Waals surface area contributed by atoms with Crippen LogP contribution in [0.15, 0.2) is 0 Å². The fourth-order valence-electron chi connectivity index (χ4n) is 2.05. The smallest absolute Gasteiger partial charge is 0.0528 e. The molecule has 0 aromatic rings. The zero-order valence-corrected chi connectivity index (χ0v) is 7.89. The molecule has 0 saturated carbocycles.